The van der Waals surface area contributed by atoms with Crippen molar-refractivity contribution in [3.8, 4) is 11.4 Å². The SMILES string of the molecule is COc1ccc(C)cc1-n1nnnc1SCC(=O)N[C@@H](C)c1cccs1. The average molecular weight is 390 g/mol. The van der Waals surface area contributed by atoms with Crippen LogP contribution in [-0.2, 0) is 4.79 Å². The number of methoxy groups -OCH3 is 1. The molecule has 1 atom stereocenters. The fourth-order valence-electron chi connectivity index (χ4n) is 2.41. The Labute approximate surface area is 159 Å². The van der Waals surface area contributed by atoms with Gasteiger partial charge in [0.2, 0.25) is 11.1 Å². The molecular weight excluding hydrogens is 370 g/mol. The van der Waals surface area contributed by atoms with Crippen LogP contribution in [0.25, 0.3) is 5.69 Å². The van der Waals surface area contributed by atoms with Crippen molar-refractivity contribution < 1.29 is 9.53 Å². The lowest BCUT2D eigenvalue weighted by Gasteiger charge is -2.12. The van der Waals surface area contributed by atoms with Gasteiger partial charge in [-0.1, -0.05) is 23.9 Å². The molecule has 136 valence electrons. The number of hydrogen-bond donors (Lipinski definition) is 1. The van der Waals surface area contributed by atoms with E-state index in [1.54, 1.807) is 23.1 Å². The van der Waals surface area contributed by atoms with Crippen molar-refractivity contribution in [3.05, 3.63) is 46.2 Å². The standard InChI is InChI=1S/C17H19N5O2S2/c1-11-6-7-14(24-3)13(9-11)22-17(19-20-21-22)26-10-16(23)18-12(2)15-5-4-8-25-15/h4-9,12H,10H2,1-3H3,(H,18,23)/t12-/m0/s1. The van der Waals surface area contributed by atoms with Crippen LogP contribution in [0.1, 0.15) is 23.4 Å². The highest BCUT2D eigenvalue weighted by atomic mass is 32.2. The van der Waals surface area contributed by atoms with Crippen molar-refractivity contribution in [1.82, 2.24) is 25.5 Å². The highest BCUT2D eigenvalue weighted by Gasteiger charge is 2.16. The third-order valence-electron chi connectivity index (χ3n) is 3.68. The van der Waals surface area contributed by atoms with Gasteiger partial charge in [0.05, 0.1) is 18.9 Å². The Kier molecular flexibility index (Phi) is 5.89. The van der Waals surface area contributed by atoms with Crippen molar-refractivity contribution in [2.45, 2.75) is 25.0 Å². The molecule has 2 heterocycles. The number of carbonyl (C=O) groups excluding carboxylic acids is 1. The minimum absolute atomic E-state index is 0.0176. The van der Waals surface area contributed by atoms with Crippen molar-refractivity contribution in [3.63, 3.8) is 0 Å². The summed E-state index contributed by atoms with van der Waals surface area (Å²) in [6.07, 6.45) is 0. The molecule has 3 rings (SSSR count). The summed E-state index contributed by atoms with van der Waals surface area (Å²) in [5, 5.41) is 17.3. The molecule has 0 fully saturated rings. The van der Waals surface area contributed by atoms with E-state index in [9.17, 15) is 4.79 Å². The summed E-state index contributed by atoms with van der Waals surface area (Å²) in [6, 6.07) is 9.73. The molecule has 0 aliphatic carbocycles. The molecule has 0 spiro atoms. The van der Waals surface area contributed by atoms with Gasteiger partial charge in [0.15, 0.2) is 0 Å². The molecule has 26 heavy (non-hydrogen) atoms. The van der Waals surface area contributed by atoms with E-state index in [4.69, 9.17) is 4.74 Å². The predicted octanol–water partition coefficient (Wildman–Crippen LogP) is 3.01. The van der Waals surface area contributed by atoms with Gasteiger partial charge in [-0.15, -0.1) is 16.4 Å². The van der Waals surface area contributed by atoms with Crippen molar-refractivity contribution in [1.29, 1.82) is 0 Å². The maximum absolute atomic E-state index is 12.2. The summed E-state index contributed by atoms with van der Waals surface area (Å²) in [7, 11) is 1.60. The van der Waals surface area contributed by atoms with Gasteiger partial charge in [-0.05, 0) is 53.4 Å². The minimum atomic E-state index is -0.0679. The van der Waals surface area contributed by atoms with Crippen LogP contribution in [0, 0.1) is 6.92 Å². The Morgan fingerprint density at radius 2 is 2.27 bits per heavy atom. The predicted molar refractivity (Wildman–Crippen MR) is 102 cm³/mol. The molecule has 1 amide bonds. The molecule has 7 nitrogen and oxygen atoms in total. The Morgan fingerprint density at radius 1 is 1.42 bits per heavy atom. The van der Waals surface area contributed by atoms with Gasteiger partial charge < -0.3 is 10.1 Å². The van der Waals surface area contributed by atoms with Crippen LogP contribution in [0.2, 0.25) is 0 Å². The van der Waals surface area contributed by atoms with Crippen LogP contribution in [0.3, 0.4) is 0 Å². The molecule has 0 aliphatic heterocycles. The van der Waals surface area contributed by atoms with Crippen LogP contribution in [-0.4, -0.2) is 39.0 Å². The largest absolute Gasteiger partial charge is 0.494 e. The molecule has 9 heteroatoms. The second kappa shape index (κ2) is 8.33. The number of thiophene rings is 1. The number of rotatable bonds is 7. The quantitative estimate of drug-likeness (QED) is 0.626. The first kappa shape index (κ1) is 18.4. The highest BCUT2D eigenvalue weighted by molar-refractivity contribution is 7.99. The Bertz CT molecular complexity index is 879. The molecule has 1 aromatic carbocycles. The molecule has 0 saturated heterocycles. The third kappa shape index (κ3) is 4.23. The van der Waals surface area contributed by atoms with E-state index in [0.717, 1.165) is 16.1 Å². The van der Waals surface area contributed by atoms with Gasteiger partial charge in [0.1, 0.15) is 11.4 Å². The number of carbonyl (C=O) groups is 1. The Hall–Kier alpha value is -2.39. The summed E-state index contributed by atoms with van der Waals surface area (Å²) < 4.78 is 6.98. The highest BCUT2D eigenvalue weighted by Crippen LogP contribution is 2.27. The number of nitrogens with zero attached hydrogens (tertiary/aromatic N) is 4. The minimum Gasteiger partial charge on any atom is -0.494 e. The number of tetrazole rings is 1. The molecule has 0 radical (unpaired) electrons. The summed E-state index contributed by atoms with van der Waals surface area (Å²) in [6.45, 7) is 3.95. The molecule has 3 aromatic rings. The van der Waals surface area contributed by atoms with Gasteiger partial charge >= 0.3 is 0 Å². The van der Waals surface area contributed by atoms with Gasteiger partial charge in [-0.3, -0.25) is 4.79 Å². The Morgan fingerprint density at radius 3 is 3.00 bits per heavy atom. The first-order valence-corrected chi connectivity index (χ1v) is 9.84. The van der Waals surface area contributed by atoms with E-state index in [2.05, 4.69) is 20.8 Å². The lowest BCUT2D eigenvalue weighted by atomic mass is 10.2. The first-order chi connectivity index (χ1) is 12.6. The average Bonchev–Trinajstić information content (AvgIpc) is 3.31. The molecular formula is C17H19N5O2S2. The van der Waals surface area contributed by atoms with Crippen LogP contribution < -0.4 is 10.1 Å². The number of ether oxygens (including phenoxy) is 1. The maximum Gasteiger partial charge on any atom is 0.230 e. The van der Waals surface area contributed by atoms with Crippen molar-refractivity contribution >= 4 is 29.0 Å². The number of aryl methyl sites for hydroxylation is 1. The monoisotopic (exact) mass is 389 g/mol. The summed E-state index contributed by atoms with van der Waals surface area (Å²) >= 11 is 2.91. The molecule has 0 aliphatic rings. The van der Waals surface area contributed by atoms with E-state index < -0.39 is 0 Å². The van der Waals surface area contributed by atoms with E-state index in [1.807, 2.05) is 49.6 Å². The van der Waals surface area contributed by atoms with Crippen LogP contribution in [0.15, 0.2) is 40.9 Å². The topological polar surface area (TPSA) is 81.9 Å². The third-order valence-corrected chi connectivity index (χ3v) is 5.66. The van der Waals surface area contributed by atoms with Crippen LogP contribution in [0.5, 0.6) is 5.75 Å². The van der Waals surface area contributed by atoms with Crippen LogP contribution >= 0.6 is 23.1 Å². The fourth-order valence-corrected chi connectivity index (χ4v) is 3.84. The van der Waals surface area contributed by atoms with Crippen molar-refractivity contribution in [2.75, 3.05) is 12.9 Å². The lowest BCUT2D eigenvalue weighted by molar-refractivity contribution is -0.119. The number of thioether (sulfide) groups is 1. The molecule has 0 unspecified atom stereocenters. The second-order valence-corrected chi connectivity index (χ2v) is 7.56. The van der Waals surface area contributed by atoms with Gasteiger partial charge in [-0.2, -0.15) is 4.68 Å². The van der Waals surface area contributed by atoms with E-state index in [-0.39, 0.29) is 17.7 Å². The fraction of sp³-hybridized carbons (Fsp3) is 0.294. The zero-order valence-corrected chi connectivity index (χ0v) is 16.3. The van der Waals surface area contributed by atoms with Crippen LogP contribution in [0.4, 0.5) is 0 Å². The van der Waals surface area contributed by atoms with Gasteiger partial charge in [0, 0.05) is 4.88 Å². The Balaban J connectivity index is 1.68. The smallest absolute Gasteiger partial charge is 0.230 e. The molecule has 0 bridgehead atoms. The zero-order chi connectivity index (χ0) is 18.5. The van der Waals surface area contributed by atoms with Gasteiger partial charge in [-0.25, -0.2) is 0 Å². The van der Waals surface area contributed by atoms with Crippen molar-refractivity contribution in [2.24, 2.45) is 0 Å². The molecule has 2 aromatic heterocycles. The maximum atomic E-state index is 12.2. The molecule has 1 N–H and O–H groups in total. The summed E-state index contributed by atoms with van der Waals surface area (Å²) in [5.41, 5.74) is 1.81. The summed E-state index contributed by atoms with van der Waals surface area (Å²) in [4.78, 5) is 13.4. The summed E-state index contributed by atoms with van der Waals surface area (Å²) in [5.74, 6) is 0.826. The van der Waals surface area contributed by atoms with Gasteiger partial charge in [0.25, 0.3) is 0 Å². The first-order valence-electron chi connectivity index (χ1n) is 7.97. The second-order valence-electron chi connectivity index (χ2n) is 5.64. The zero-order valence-electron chi connectivity index (χ0n) is 14.7. The van der Waals surface area contributed by atoms with E-state index in [0.29, 0.717) is 10.9 Å². The number of nitrogens with one attached hydrogen (secondary N) is 1. The normalized spacial score (nSPS) is 12.0. The van der Waals surface area contributed by atoms with E-state index >= 15 is 0 Å². The molecule has 0 saturated carbocycles. The number of amides is 1. The number of hydrogen-bond acceptors (Lipinski definition) is 7. The van der Waals surface area contributed by atoms with E-state index in [1.165, 1.54) is 11.8 Å². The lowest BCUT2D eigenvalue weighted by Crippen LogP contribution is -2.27. The number of benzene rings is 1. The number of aromatic nitrogens is 4.